The summed E-state index contributed by atoms with van der Waals surface area (Å²) in [6.45, 7) is 4.27. The quantitative estimate of drug-likeness (QED) is 0.888. The Kier molecular flexibility index (Phi) is 5.46. The molecular weight excluding hydrogens is 352 g/mol. The summed E-state index contributed by atoms with van der Waals surface area (Å²) in [4.78, 5) is 13.9. The number of hydrogen-bond donors (Lipinski definition) is 1. The van der Waals surface area contributed by atoms with Crippen molar-refractivity contribution >= 4 is 5.91 Å². The summed E-state index contributed by atoms with van der Waals surface area (Å²) in [6.07, 6.45) is 0.968. The fraction of sp³-hybridized carbons (Fsp3) is 0.381. The van der Waals surface area contributed by atoms with E-state index in [9.17, 15) is 18.7 Å². The number of rotatable bonds is 4. The van der Waals surface area contributed by atoms with Crippen molar-refractivity contribution in [3.63, 3.8) is 0 Å². The topological polar surface area (TPSA) is 49.8 Å². The molecule has 1 amide bonds. The highest BCUT2D eigenvalue weighted by atomic mass is 19.1. The van der Waals surface area contributed by atoms with Gasteiger partial charge in [0, 0.05) is 6.54 Å². The van der Waals surface area contributed by atoms with Crippen molar-refractivity contribution in [3.8, 4) is 5.75 Å². The number of aryl methyl sites for hydroxylation is 2. The Morgan fingerprint density at radius 2 is 1.89 bits per heavy atom. The Morgan fingerprint density at radius 1 is 1.19 bits per heavy atom. The maximum absolute atomic E-state index is 13.9. The Bertz CT molecular complexity index is 835. The van der Waals surface area contributed by atoms with E-state index in [0.29, 0.717) is 25.1 Å². The number of hydrogen-bond acceptors (Lipinski definition) is 3. The lowest BCUT2D eigenvalue weighted by atomic mass is 9.93. The van der Waals surface area contributed by atoms with Crippen molar-refractivity contribution in [3.05, 3.63) is 64.7 Å². The number of halogens is 2. The van der Waals surface area contributed by atoms with E-state index >= 15 is 0 Å². The minimum absolute atomic E-state index is 0.000957. The normalized spacial score (nSPS) is 19.8. The Hall–Kier alpha value is -2.47. The molecule has 0 radical (unpaired) electrons. The van der Waals surface area contributed by atoms with Crippen molar-refractivity contribution in [2.24, 2.45) is 0 Å². The third-order valence-corrected chi connectivity index (χ3v) is 5.01. The van der Waals surface area contributed by atoms with Crippen LogP contribution in [0.3, 0.4) is 0 Å². The maximum atomic E-state index is 13.9. The van der Waals surface area contributed by atoms with Crippen molar-refractivity contribution in [2.45, 2.75) is 32.3 Å². The minimum Gasteiger partial charge on any atom is -0.491 e. The molecule has 144 valence electrons. The van der Waals surface area contributed by atoms with Crippen LogP contribution in [-0.4, -0.2) is 41.2 Å². The van der Waals surface area contributed by atoms with Gasteiger partial charge >= 0.3 is 0 Å². The number of carbonyl (C=O) groups excluding carboxylic acids is 1. The first kappa shape index (κ1) is 19.3. The summed E-state index contributed by atoms with van der Waals surface area (Å²) in [5.74, 6) is -1.92. The first-order valence-electron chi connectivity index (χ1n) is 8.95. The molecule has 6 heteroatoms. The number of likely N-dealkylation sites (tertiary alicyclic amines) is 1. The summed E-state index contributed by atoms with van der Waals surface area (Å²) in [5, 5.41) is 10.9. The first-order valence-corrected chi connectivity index (χ1v) is 8.95. The Labute approximate surface area is 157 Å². The van der Waals surface area contributed by atoms with Crippen LogP contribution in [0.1, 0.15) is 34.3 Å². The molecule has 1 atom stereocenters. The molecule has 0 aliphatic carbocycles. The van der Waals surface area contributed by atoms with E-state index in [4.69, 9.17) is 4.74 Å². The zero-order chi connectivity index (χ0) is 19.6. The maximum Gasteiger partial charge on any atom is 0.259 e. The van der Waals surface area contributed by atoms with Crippen LogP contribution in [0.15, 0.2) is 36.4 Å². The SMILES string of the molecule is Cc1ccc(OCC2(O)CCCN(C(=O)c3c(F)cccc3F)C2)cc1C. The lowest BCUT2D eigenvalue weighted by Gasteiger charge is -2.39. The molecular formula is C21H23F2NO3. The van der Waals surface area contributed by atoms with E-state index in [1.54, 1.807) is 0 Å². The molecule has 1 aliphatic heterocycles. The van der Waals surface area contributed by atoms with Crippen molar-refractivity contribution < 1.29 is 23.4 Å². The van der Waals surface area contributed by atoms with Crippen molar-refractivity contribution in [1.29, 1.82) is 0 Å². The fourth-order valence-corrected chi connectivity index (χ4v) is 3.29. The van der Waals surface area contributed by atoms with E-state index in [1.807, 2.05) is 32.0 Å². The van der Waals surface area contributed by atoms with Crippen LogP contribution < -0.4 is 4.74 Å². The second-order valence-corrected chi connectivity index (χ2v) is 7.19. The average molecular weight is 375 g/mol. The van der Waals surface area contributed by atoms with E-state index in [1.165, 1.54) is 11.0 Å². The van der Waals surface area contributed by atoms with Gasteiger partial charge in [0.2, 0.25) is 0 Å². The number of benzene rings is 2. The highest BCUT2D eigenvalue weighted by Crippen LogP contribution is 2.26. The minimum atomic E-state index is -1.27. The van der Waals surface area contributed by atoms with Crippen LogP contribution in [0.4, 0.5) is 8.78 Å². The smallest absolute Gasteiger partial charge is 0.259 e. The molecule has 0 spiro atoms. The standard InChI is InChI=1S/C21H23F2NO3/c1-14-7-8-16(11-15(14)2)27-13-21(26)9-4-10-24(12-21)20(25)19-17(22)5-3-6-18(19)23/h3,5-8,11,26H,4,9-10,12-13H2,1-2H3. The van der Waals surface area contributed by atoms with Crippen LogP contribution >= 0.6 is 0 Å². The molecule has 1 N–H and O–H groups in total. The zero-order valence-corrected chi connectivity index (χ0v) is 15.5. The van der Waals surface area contributed by atoms with Crippen LogP contribution in [0.5, 0.6) is 5.75 Å². The van der Waals surface area contributed by atoms with Crippen LogP contribution in [0.2, 0.25) is 0 Å². The third kappa shape index (κ3) is 4.27. The van der Waals surface area contributed by atoms with Gasteiger partial charge in [-0.15, -0.1) is 0 Å². The lowest BCUT2D eigenvalue weighted by molar-refractivity contribution is -0.0533. The van der Waals surface area contributed by atoms with E-state index in [2.05, 4.69) is 0 Å². The summed E-state index contributed by atoms with van der Waals surface area (Å²) in [6, 6.07) is 8.97. The van der Waals surface area contributed by atoms with Gasteiger partial charge in [0.1, 0.15) is 35.2 Å². The van der Waals surface area contributed by atoms with Gasteiger partial charge in [-0.2, -0.15) is 0 Å². The first-order chi connectivity index (χ1) is 12.8. The molecule has 4 nitrogen and oxygen atoms in total. The molecule has 2 aromatic carbocycles. The molecule has 0 saturated carbocycles. The van der Waals surface area contributed by atoms with Gasteiger partial charge in [-0.1, -0.05) is 12.1 Å². The Morgan fingerprint density at radius 3 is 2.56 bits per heavy atom. The number of amides is 1. The van der Waals surface area contributed by atoms with Crippen LogP contribution in [0, 0.1) is 25.5 Å². The number of β-amino-alcohol motifs (C(OH)–C–C–N with tert-alkyl or cyclic N) is 1. The largest absolute Gasteiger partial charge is 0.491 e. The molecule has 1 unspecified atom stereocenters. The molecule has 1 saturated heterocycles. The van der Waals surface area contributed by atoms with Gasteiger partial charge in [-0.25, -0.2) is 8.78 Å². The summed E-state index contributed by atoms with van der Waals surface area (Å²) >= 11 is 0. The molecule has 1 aliphatic rings. The highest BCUT2D eigenvalue weighted by molar-refractivity contribution is 5.94. The predicted molar refractivity (Wildman–Crippen MR) is 97.9 cm³/mol. The van der Waals surface area contributed by atoms with Gasteiger partial charge in [0.25, 0.3) is 5.91 Å². The van der Waals surface area contributed by atoms with Gasteiger partial charge in [0.05, 0.1) is 6.54 Å². The van der Waals surface area contributed by atoms with Gasteiger partial charge in [-0.05, 0) is 62.1 Å². The molecule has 3 rings (SSSR count). The molecule has 27 heavy (non-hydrogen) atoms. The molecule has 1 fully saturated rings. The number of carbonyl (C=O) groups is 1. The summed E-state index contributed by atoms with van der Waals surface area (Å²) < 4.78 is 33.6. The second kappa shape index (κ2) is 7.64. The average Bonchev–Trinajstić information content (AvgIpc) is 2.62. The number of aliphatic hydroxyl groups is 1. The second-order valence-electron chi connectivity index (χ2n) is 7.19. The van der Waals surface area contributed by atoms with Crippen LogP contribution in [-0.2, 0) is 0 Å². The van der Waals surface area contributed by atoms with E-state index < -0.39 is 28.7 Å². The monoisotopic (exact) mass is 375 g/mol. The van der Waals surface area contributed by atoms with Crippen molar-refractivity contribution in [1.82, 2.24) is 4.90 Å². The highest BCUT2D eigenvalue weighted by Gasteiger charge is 2.37. The van der Waals surface area contributed by atoms with Gasteiger partial charge in [0.15, 0.2) is 0 Å². The third-order valence-electron chi connectivity index (χ3n) is 5.01. The zero-order valence-electron chi connectivity index (χ0n) is 15.5. The molecule has 2 aromatic rings. The lowest BCUT2D eigenvalue weighted by Crippen LogP contribution is -2.53. The van der Waals surface area contributed by atoms with Crippen LogP contribution in [0.25, 0.3) is 0 Å². The van der Waals surface area contributed by atoms with Gasteiger partial charge in [-0.3, -0.25) is 4.79 Å². The molecule has 0 aromatic heterocycles. The molecule has 0 bridgehead atoms. The molecule has 1 heterocycles. The summed E-state index contributed by atoms with van der Waals surface area (Å²) in [7, 11) is 0. The number of ether oxygens (including phenoxy) is 1. The van der Waals surface area contributed by atoms with Crippen molar-refractivity contribution in [2.75, 3.05) is 19.7 Å². The summed E-state index contributed by atoms with van der Waals surface area (Å²) in [5.41, 5.74) is 0.364. The number of piperidine rings is 1. The predicted octanol–water partition coefficient (Wildman–Crippen LogP) is 3.63. The Balaban J connectivity index is 1.70. The van der Waals surface area contributed by atoms with E-state index in [-0.39, 0.29) is 13.2 Å². The van der Waals surface area contributed by atoms with Gasteiger partial charge < -0.3 is 14.7 Å². The van der Waals surface area contributed by atoms with E-state index in [0.717, 1.165) is 23.3 Å². The number of nitrogens with zero attached hydrogens (tertiary/aromatic N) is 1. The fourth-order valence-electron chi connectivity index (χ4n) is 3.29.